The van der Waals surface area contributed by atoms with Crippen LogP contribution >= 0.6 is 34.8 Å². The molecule has 142 valence electrons. The van der Waals surface area contributed by atoms with E-state index in [4.69, 9.17) is 49.0 Å². The number of benzene rings is 2. The van der Waals surface area contributed by atoms with Gasteiger partial charge in [0.15, 0.2) is 17.6 Å². The van der Waals surface area contributed by atoms with Crippen molar-refractivity contribution in [2.45, 2.75) is 19.6 Å². The van der Waals surface area contributed by atoms with Crippen LogP contribution in [0.4, 0.5) is 0 Å². The maximum Gasteiger partial charge on any atom is 0.342 e. The van der Waals surface area contributed by atoms with Gasteiger partial charge in [0.1, 0.15) is 0 Å². The number of hydrogen-bond donors (Lipinski definition) is 1. The number of carbonyl (C=O) groups excluding carboxylic acids is 2. The third-order valence-corrected chi connectivity index (χ3v) is 4.92. The summed E-state index contributed by atoms with van der Waals surface area (Å²) in [6, 6.07) is 8.22. The molecule has 0 bridgehead atoms. The summed E-state index contributed by atoms with van der Waals surface area (Å²) in [4.78, 5) is 24.5. The van der Waals surface area contributed by atoms with Crippen molar-refractivity contribution in [3.63, 3.8) is 0 Å². The Morgan fingerprint density at radius 2 is 1.81 bits per heavy atom. The molecule has 1 amide bonds. The van der Waals surface area contributed by atoms with E-state index in [2.05, 4.69) is 5.32 Å². The van der Waals surface area contributed by atoms with Crippen LogP contribution in [-0.4, -0.2) is 24.8 Å². The number of esters is 1. The number of fused-ring (bicyclic) bond motifs is 1. The minimum Gasteiger partial charge on any atom is -0.454 e. The lowest BCUT2D eigenvalue weighted by molar-refractivity contribution is -0.129. The van der Waals surface area contributed by atoms with Gasteiger partial charge in [-0.05, 0) is 36.8 Å². The van der Waals surface area contributed by atoms with Crippen molar-refractivity contribution in [3.05, 3.63) is 56.5 Å². The summed E-state index contributed by atoms with van der Waals surface area (Å²) in [5, 5.41) is 2.90. The normalized spacial score (nSPS) is 13.2. The van der Waals surface area contributed by atoms with E-state index in [-0.39, 0.29) is 34.0 Å². The quantitative estimate of drug-likeness (QED) is 0.567. The number of ether oxygens (including phenoxy) is 3. The van der Waals surface area contributed by atoms with E-state index in [0.29, 0.717) is 11.5 Å². The molecule has 0 saturated heterocycles. The second kappa shape index (κ2) is 8.25. The van der Waals surface area contributed by atoms with E-state index in [1.54, 1.807) is 18.2 Å². The first kappa shape index (κ1) is 19.6. The monoisotopic (exact) mass is 429 g/mol. The molecule has 0 spiro atoms. The van der Waals surface area contributed by atoms with Gasteiger partial charge in [0.25, 0.3) is 5.91 Å². The Labute approximate surface area is 170 Å². The van der Waals surface area contributed by atoms with Crippen LogP contribution < -0.4 is 14.8 Å². The molecule has 1 heterocycles. The SMILES string of the molecule is CC(OC(=O)c1c(Cl)ccc(Cl)c1Cl)C(=O)NCc1ccc2c(c1)OCO2. The van der Waals surface area contributed by atoms with Gasteiger partial charge in [-0.25, -0.2) is 4.79 Å². The second-order valence-electron chi connectivity index (χ2n) is 5.67. The topological polar surface area (TPSA) is 73.9 Å². The molecule has 0 saturated carbocycles. The molecule has 0 fully saturated rings. The number of rotatable bonds is 5. The molecule has 2 aromatic carbocycles. The highest BCUT2D eigenvalue weighted by molar-refractivity contribution is 6.46. The molecule has 2 aromatic rings. The average Bonchev–Trinajstić information content (AvgIpc) is 3.10. The van der Waals surface area contributed by atoms with E-state index < -0.39 is 18.0 Å². The van der Waals surface area contributed by atoms with Crippen LogP contribution in [0, 0.1) is 0 Å². The van der Waals surface area contributed by atoms with Gasteiger partial charge in [-0.15, -0.1) is 0 Å². The fraction of sp³-hybridized carbons (Fsp3) is 0.222. The number of hydrogen-bond acceptors (Lipinski definition) is 5. The van der Waals surface area contributed by atoms with Crippen LogP contribution in [0.15, 0.2) is 30.3 Å². The summed E-state index contributed by atoms with van der Waals surface area (Å²) >= 11 is 17.9. The number of carbonyl (C=O) groups is 2. The second-order valence-corrected chi connectivity index (χ2v) is 6.86. The van der Waals surface area contributed by atoms with Crippen molar-refractivity contribution in [1.29, 1.82) is 0 Å². The lowest BCUT2D eigenvalue weighted by Gasteiger charge is -2.15. The molecule has 27 heavy (non-hydrogen) atoms. The van der Waals surface area contributed by atoms with Gasteiger partial charge in [-0.1, -0.05) is 40.9 Å². The highest BCUT2D eigenvalue weighted by atomic mass is 35.5. The summed E-state index contributed by atoms with van der Waals surface area (Å²) in [6.45, 7) is 1.85. The summed E-state index contributed by atoms with van der Waals surface area (Å²) in [7, 11) is 0. The third kappa shape index (κ3) is 4.40. The summed E-state index contributed by atoms with van der Waals surface area (Å²) in [5.74, 6) is -0.0392. The van der Waals surface area contributed by atoms with Crippen molar-refractivity contribution >= 4 is 46.7 Å². The number of amides is 1. The molecule has 6 nitrogen and oxygen atoms in total. The molecule has 1 aliphatic heterocycles. The van der Waals surface area contributed by atoms with Crippen molar-refractivity contribution in [2.75, 3.05) is 6.79 Å². The zero-order valence-corrected chi connectivity index (χ0v) is 16.3. The fourth-order valence-corrected chi connectivity index (χ4v) is 3.05. The number of halogens is 3. The van der Waals surface area contributed by atoms with Crippen molar-refractivity contribution in [2.24, 2.45) is 0 Å². The first-order valence-electron chi connectivity index (χ1n) is 7.87. The lowest BCUT2D eigenvalue weighted by Crippen LogP contribution is -2.35. The van der Waals surface area contributed by atoms with E-state index in [0.717, 1.165) is 5.56 Å². The third-order valence-electron chi connectivity index (χ3n) is 3.80. The highest BCUT2D eigenvalue weighted by Crippen LogP contribution is 2.33. The van der Waals surface area contributed by atoms with Crippen LogP contribution in [0.5, 0.6) is 11.5 Å². The molecular formula is C18H14Cl3NO5. The van der Waals surface area contributed by atoms with Crippen molar-refractivity contribution in [3.8, 4) is 11.5 Å². The lowest BCUT2D eigenvalue weighted by atomic mass is 10.2. The van der Waals surface area contributed by atoms with Gasteiger partial charge >= 0.3 is 5.97 Å². The van der Waals surface area contributed by atoms with Gasteiger partial charge in [-0.2, -0.15) is 0 Å². The van der Waals surface area contributed by atoms with Crippen molar-refractivity contribution < 1.29 is 23.8 Å². The predicted molar refractivity (Wildman–Crippen MR) is 101 cm³/mol. The van der Waals surface area contributed by atoms with Crippen LogP contribution in [0.3, 0.4) is 0 Å². The predicted octanol–water partition coefficient (Wildman–Crippen LogP) is 4.24. The Morgan fingerprint density at radius 1 is 1.11 bits per heavy atom. The van der Waals surface area contributed by atoms with Crippen LogP contribution in [0.2, 0.25) is 15.1 Å². The molecule has 1 unspecified atom stereocenters. The largest absolute Gasteiger partial charge is 0.454 e. The Balaban J connectivity index is 1.59. The smallest absolute Gasteiger partial charge is 0.342 e. The molecular weight excluding hydrogens is 417 g/mol. The molecule has 0 radical (unpaired) electrons. The zero-order chi connectivity index (χ0) is 19.6. The fourth-order valence-electron chi connectivity index (χ4n) is 2.37. The van der Waals surface area contributed by atoms with Gasteiger partial charge < -0.3 is 19.5 Å². The van der Waals surface area contributed by atoms with Gasteiger partial charge in [0.05, 0.1) is 20.6 Å². The maximum absolute atomic E-state index is 12.3. The Morgan fingerprint density at radius 3 is 2.59 bits per heavy atom. The van der Waals surface area contributed by atoms with E-state index in [1.165, 1.54) is 19.1 Å². The zero-order valence-electron chi connectivity index (χ0n) is 14.1. The molecule has 9 heteroatoms. The summed E-state index contributed by atoms with van der Waals surface area (Å²) in [5.41, 5.74) is 0.730. The molecule has 1 atom stereocenters. The number of nitrogens with one attached hydrogen (secondary N) is 1. The van der Waals surface area contributed by atoms with E-state index in [1.807, 2.05) is 0 Å². The summed E-state index contributed by atoms with van der Waals surface area (Å²) < 4.78 is 15.7. The van der Waals surface area contributed by atoms with E-state index >= 15 is 0 Å². The Hall–Kier alpha value is -2.15. The minimum atomic E-state index is -1.06. The maximum atomic E-state index is 12.3. The van der Waals surface area contributed by atoms with Gasteiger partial charge in [0.2, 0.25) is 6.79 Å². The Bertz CT molecular complexity index is 903. The minimum absolute atomic E-state index is 0.0258. The van der Waals surface area contributed by atoms with Gasteiger partial charge in [-0.3, -0.25) is 4.79 Å². The standard InChI is InChI=1S/C18H14Cl3NO5/c1-9(27-18(24)15-11(19)3-4-12(20)16(15)21)17(23)22-7-10-2-5-13-14(6-10)26-8-25-13/h2-6,9H,7-8H2,1H3,(H,22,23). The first-order valence-corrected chi connectivity index (χ1v) is 9.01. The molecule has 3 rings (SSSR count). The molecule has 1 N–H and O–H groups in total. The molecule has 0 aliphatic carbocycles. The summed E-state index contributed by atoms with van der Waals surface area (Å²) in [6.07, 6.45) is -1.06. The molecule has 0 aromatic heterocycles. The highest BCUT2D eigenvalue weighted by Gasteiger charge is 2.24. The van der Waals surface area contributed by atoms with E-state index in [9.17, 15) is 9.59 Å². The first-order chi connectivity index (χ1) is 12.9. The Kier molecular flexibility index (Phi) is 5.99. The van der Waals surface area contributed by atoms with Crippen LogP contribution in [-0.2, 0) is 16.1 Å². The van der Waals surface area contributed by atoms with Gasteiger partial charge in [0, 0.05) is 6.54 Å². The van der Waals surface area contributed by atoms with Crippen molar-refractivity contribution in [1.82, 2.24) is 5.32 Å². The van der Waals surface area contributed by atoms with Crippen LogP contribution in [0.1, 0.15) is 22.8 Å². The average molecular weight is 431 g/mol. The molecule has 1 aliphatic rings. The van der Waals surface area contributed by atoms with Crippen LogP contribution in [0.25, 0.3) is 0 Å².